The molecule has 172 valence electrons. The quantitative estimate of drug-likeness (QED) is 0.313. The Morgan fingerprint density at radius 3 is 2.16 bits per heavy atom. The lowest BCUT2D eigenvalue weighted by Gasteiger charge is -2.37. The zero-order valence-electron chi connectivity index (χ0n) is 19.8. The second kappa shape index (κ2) is 11.7. The number of amides is 1. The Hall–Kier alpha value is -2.07. The van der Waals surface area contributed by atoms with Gasteiger partial charge in [-0.3, -0.25) is 9.59 Å². The lowest BCUT2D eigenvalue weighted by Crippen LogP contribution is -2.50. The van der Waals surface area contributed by atoms with Gasteiger partial charge in [0.25, 0.3) is 5.91 Å². The third-order valence-corrected chi connectivity index (χ3v) is 7.99. The number of carbonyl (C=O) groups excluding carboxylic acids is 2. The summed E-state index contributed by atoms with van der Waals surface area (Å²) in [5.74, 6) is 1.81. The monoisotopic (exact) mass is 451 g/mol. The van der Waals surface area contributed by atoms with Crippen molar-refractivity contribution < 1.29 is 9.59 Å². The number of Topliss-reactive ketones (excluding diaryl/α,β-unsaturated/α-hetero) is 1. The van der Waals surface area contributed by atoms with Crippen LogP contribution in [0.15, 0.2) is 60.7 Å². The zero-order valence-corrected chi connectivity index (χ0v) is 20.6. The Balaban J connectivity index is 1.60. The smallest absolute Gasteiger partial charge is 0.290 e. The van der Waals surface area contributed by atoms with Crippen molar-refractivity contribution in [3.63, 3.8) is 0 Å². The summed E-state index contributed by atoms with van der Waals surface area (Å²) >= 11 is 1.92. The average molecular weight is 452 g/mol. The third-order valence-electron chi connectivity index (χ3n) is 6.85. The highest BCUT2D eigenvalue weighted by atomic mass is 32.2. The number of hydrogen-bond donors (Lipinski definition) is 0. The third kappa shape index (κ3) is 6.25. The molecule has 0 saturated carbocycles. The molecule has 0 aromatic heterocycles. The lowest BCUT2D eigenvalue weighted by atomic mass is 9.84. The van der Waals surface area contributed by atoms with E-state index >= 15 is 0 Å². The molecule has 0 N–H and O–H groups in total. The normalized spacial score (nSPS) is 16.9. The molecule has 32 heavy (non-hydrogen) atoms. The van der Waals surface area contributed by atoms with Crippen LogP contribution in [0.5, 0.6) is 0 Å². The number of benzene rings is 2. The predicted molar refractivity (Wildman–Crippen MR) is 135 cm³/mol. The highest BCUT2D eigenvalue weighted by molar-refractivity contribution is 7.99. The van der Waals surface area contributed by atoms with Gasteiger partial charge in [0, 0.05) is 29.7 Å². The first-order chi connectivity index (χ1) is 15.4. The number of carbonyl (C=O) groups is 2. The van der Waals surface area contributed by atoms with Crippen LogP contribution >= 0.6 is 11.8 Å². The summed E-state index contributed by atoms with van der Waals surface area (Å²) in [7, 11) is 0. The van der Waals surface area contributed by atoms with Gasteiger partial charge < -0.3 is 4.90 Å². The fraction of sp³-hybridized carbons (Fsp3) is 0.500. The Kier molecular flexibility index (Phi) is 8.98. The molecule has 1 amide bonds. The van der Waals surface area contributed by atoms with Gasteiger partial charge >= 0.3 is 0 Å². The van der Waals surface area contributed by atoms with E-state index in [1.165, 1.54) is 11.1 Å². The Bertz CT molecular complexity index is 826. The van der Waals surface area contributed by atoms with Crippen LogP contribution in [0, 0.1) is 5.41 Å². The molecule has 0 spiro atoms. The summed E-state index contributed by atoms with van der Waals surface area (Å²) in [6.45, 7) is 6.46. The van der Waals surface area contributed by atoms with Crippen molar-refractivity contribution >= 4 is 23.5 Å². The summed E-state index contributed by atoms with van der Waals surface area (Å²) < 4.78 is 0. The average Bonchev–Trinajstić information content (AvgIpc) is 2.84. The maximum absolute atomic E-state index is 13.0. The summed E-state index contributed by atoms with van der Waals surface area (Å²) in [5.41, 5.74) is 2.12. The molecule has 0 aliphatic carbocycles. The fourth-order valence-electron chi connectivity index (χ4n) is 4.34. The predicted octanol–water partition coefficient (Wildman–Crippen LogP) is 6.33. The van der Waals surface area contributed by atoms with Crippen molar-refractivity contribution in [2.24, 2.45) is 5.41 Å². The molecule has 1 aliphatic rings. The molecule has 3 rings (SSSR count). The number of piperidine rings is 1. The van der Waals surface area contributed by atoms with E-state index in [2.05, 4.69) is 60.7 Å². The number of thioether (sulfide) groups is 1. The summed E-state index contributed by atoms with van der Waals surface area (Å²) in [6, 6.07) is 21.6. The van der Waals surface area contributed by atoms with Gasteiger partial charge in [-0.2, -0.15) is 11.8 Å². The SMILES string of the molecule is CCC(C)(C)C(=O)C(=O)N1CCCCC1CSCCC(c1ccccc1)c1ccccc1. The van der Waals surface area contributed by atoms with Crippen LogP contribution < -0.4 is 0 Å². The molecular formula is C28H37NO2S. The van der Waals surface area contributed by atoms with Crippen molar-refractivity contribution in [1.29, 1.82) is 0 Å². The zero-order chi connectivity index (χ0) is 23.0. The summed E-state index contributed by atoms with van der Waals surface area (Å²) in [6.07, 6.45) is 4.87. The molecule has 4 heteroatoms. The van der Waals surface area contributed by atoms with E-state index in [0.717, 1.165) is 37.2 Å². The van der Waals surface area contributed by atoms with E-state index in [-0.39, 0.29) is 17.7 Å². The van der Waals surface area contributed by atoms with E-state index in [1.54, 1.807) is 0 Å². The van der Waals surface area contributed by atoms with Crippen molar-refractivity contribution in [3.05, 3.63) is 71.8 Å². The number of ketones is 1. The van der Waals surface area contributed by atoms with Crippen LogP contribution in [-0.4, -0.2) is 40.7 Å². The Labute approximate surface area is 198 Å². The van der Waals surface area contributed by atoms with Gasteiger partial charge in [0.05, 0.1) is 0 Å². The van der Waals surface area contributed by atoms with Gasteiger partial charge in [-0.25, -0.2) is 0 Å². The second-order valence-electron chi connectivity index (χ2n) is 9.45. The van der Waals surface area contributed by atoms with Crippen molar-refractivity contribution in [3.8, 4) is 0 Å². The van der Waals surface area contributed by atoms with Crippen molar-refractivity contribution in [2.75, 3.05) is 18.1 Å². The number of hydrogen-bond acceptors (Lipinski definition) is 3. The molecule has 1 aliphatic heterocycles. The van der Waals surface area contributed by atoms with Gasteiger partial charge in [0.1, 0.15) is 0 Å². The standard InChI is InChI=1S/C28H37NO2S/c1-4-28(2,3)26(30)27(31)29-19-12-11-17-24(29)21-32-20-18-25(22-13-7-5-8-14-22)23-15-9-6-10-16-23/h5-10,13-16,24-25H,4,11-12,17-21H2,1-3H3. The molecule has 1 heterocycles. The second-order valence-corrected chi connectivity index (χ2v) is 10.6. The molecule has 2 aromatic rings. The molecule has 1 unspecified atom stereocenters. The molecule has 1 atom stereocenters. The van der Waals surface area contributed by atoms with Crippen LogP contribution in [0.25, 0.3) is 0 Å². The lowest BCUT2D eigenvalue weighted by molar-refractivity contribution is -0.151. The molecule has 0 bridgehead atoms. The molecular weight excluding hydrogens is 414 g/mol. The van der Waals surface area contributed by atoms with Crippen LogP contribution in [0.2, 0.25) is 0 Å². The van der Waals surface area contributed by atoms with Gasteiger partial charge in [-0.15, -0.1) is 0 Å². The first-order valence-corrected chi connectivity index (χ1v) is 13.1. The van der Waals surface area contributed by atoms with Crippen molar-refractivity contribution in [1.82, 2.24) is 4.90 Å². The van der Waals surface area contributed by atoms with E-state index < -0.39 is 5.41 Å². The Morgan fingerprint density at radius 2 is 1.59 bits per heavy atom. The minimum Gasteiger partial charge on any atom is -0.332 e. The largest absolute Gasteiger partial charge is 0.332 e. The highest BCUT2D eigenvalue weighted by Crippen LogP contribution is 2.31. The molecule has 3 nitrogen and oxygen atoms in total. The maximum atomic E-state index is 13.0. The summed E-state index contributed by atoms with van der Waals surface area (Å²) in [5, 5.41) is 0. The Morgan fingerprint density at radius 1 is 1.00 bits per heavy atom. The fourth-order valence-corrected chi connectivity index (χ4v) is 5.53. The summed E-state index contributed by atoms with van der Waals surface area (Å²) in [4.78, 5) is 27.6. The number of rotatable bonds is 10. The van der Waals surface area contributed by atoms with Crippen LogP contribution in [0.1, 0.15) is 69.9 Å². The van der Waals surface area contributed by atoms with Gasteiger partial charge in [0.2, 0.25) is 5.78 Å². The molecule has 0 radical (unpaired) electrons. The minimum absolute atomic E-state index is 0.171. The van der Waals surface area contributed by atoms with Crippen LogP contribution in [0.3, 0.4) is 0 Å². The molecule has 2 aromatic carbocycles. The molecule has 1 saturated heterocycles. The van der Waals surface area contributed by atoms with Gasteiger partial charge in [0.15, 0.2) is 0 Å². The first kappa shape index (κ1) is 24.6. The van der Waals surface area contributed by atoms with Gasteiger partial charge in [-0.05, 0) is 49.0 Å². The van der Waals surface area contributed by atoms with Crippen LogP contribution in [0.4, 0.5) is 0 Å². The number of likely N-dealkylation sites (tertiary alicyclic amines) is 1. The maximum Gasteiger partial charge on any atom is 0.290 e. The highest BCUT2D eigenvalue weighted by Gasteiger charge is 2.37. The van der Waals surface area contributed by atoms with Gasteiger partial charge in [-0.1, -0.05) is 81.4 Å². The van der Waals surface area contributed by atoms with E-state index in [1.807, 2.05) is 37.4 Å². The van der Waals surface area contributed by atoms with Crippen molar-refractivity contribution in [2.45, 2.75) is 64.8 Å². The van der Waals surface area contributed by atoms with Crippen LogP contribution in [-0.2, 0) is 9.59 Å². The topological polar surface area (TPSA) is 37.4 Å². The number of nitrogens with zero attached hydrogens (tertiary/aromatic N) is 1. The van der Waals surface area contributed by atoms with E-state index in [4.69, 9.17) is 0 Å². The van der Waals surface area contributed by atoms with E-state index in [9.17, 15) is 9.59 Å². The minimum atomic E-state index is -0.579. The first-order valence-electron chi connectivity index (χ1n) is 12.0. The van der Waals surface area contributed by atoms with E-state index in [0.29, 0.717) is 18.9 Å². The molecule has 1 fully saturated rings.